The Morgan fingerprint density at radius 2 is 1.53 bits per heavy atom. The SMILES string of the molecule is CC[C@H](C)NC(=O)[C@H](Cc1ccccc1)N(Cc1cccc(Br)c1)C(=O)CN(c1ccccc1C)S(=O)(=O)c1ccc(Cl)cc1. The Hall–Kier alpha value is -3.66. The van der Waals surface area contributed by atoms with Crippen LogP contribution in [0.3, 0.4) is 0 Å². The zero-order valence-corrected chi connectivity index (χ0v) is 28.6. The number of para-hydroxylation sites is 1. The first-order chi connectivity index (χ1) is 21.5. The van der Waals surface area contributed by atoms with Crippen molar-refractivity contribution in [1.82, 2.24) is 10.2 Å². The summed E-state index contributed by atoms with van der Waals surface area (Å²) >= 11 is 9.57. The maximum absolute atomic E-state index is 14.6. The van der Waals surface area contributed by atoms with E-state index in [1.54, 1.807) is 25.1 Å². The number of nitrogens with zero attached hydrogens (tertiary/aromatic N) is 2. The highest BCUT2D eigenvalue weighted by molar-refractivity contribution is 9.10. The van der Waals surface area contributed by atoms with E-state index in [2.05, 4.69) is 21.2 Å². The largest absolute Gasteiger partial charge is 0.352 e. The highest BCUT2D eigenvalue weighted by Crippen LogP contribution is 2.28. The van der Waals surface area contributed by atoms with Crippen LogP contribution in [0.4, 0.5) is 5.69 Å². The number of hydrogen-bond acceptors (Lipinski definition) is 4. The summed E-state index contributed by atoms with van der Waals surface area (Å²) in [5, 5.41) is 3.44. The fraction of sp³-hybridized carbons (Fsp3) is 0.257. The van der Waals surface area contributed by atoms with Gasteiger partial charge in [-0.15, -0.1) is 0 Å². The number of nitrogens with one attached hydrogen (secondary N) is 1. The number of amides is 2. The molecule has 236 valence electrons. The predicted octanol–water partition coefficient (Wildman–Crippen LogP) is 7.16. The van der Waals surface area contributed by atoms with Gasteiger partial charge in [0.1, 0.15) is 12.6 Å². The van der Waals surface area contributed by atoms with Gasteiger partial charge in [0.25, 0.3) is 10.0 Å². The lowest BCUT2D eigenvalue weighted by Gasteiger charge is -2.34. The third kappa shape index (κ3) is 8.96. The van der Waals surface area contributed by atoms with Crippen LogP contribution in [0.1, 0.15) is 37.0 Å². The molecule has 0 unspecified atom stereocenters. The van der Waals surface area contributed by atoms with E-state index in [1.807, 2.05) is 74.5 Å². The lowest BCUT2D eigenvalue weighted by atomic mass is 10.0. The molecule has 4 aromatic rings. The molecule has 0 aromatic heterocycles. The highest BCUT2D eigenvalue weighted by Gasteiger charge is 2.35. The Balaban J connectivity index is 1.82. The van der Waals surface area contributed by atoms with Crippen molar-refractivity contribution in [1.29, 1.82) is 0 Å². The standard InChI is InChI=1S/C35H37BrClN3O4S/c1-4-26(3)38-35(42)33(22-27-12-6-5-7-13-27)39(23-28-14-10-15-29(36)21-28)34(41)24-40(32-16-9-8-11-25(32)2)45(43,44)31-19-17-30(37)18-20-31/h5-21,26,33H,4,22-24H2,1-3H3,(H,38,42)/t26-,33-/m0/s1. The van der Waals surface area contributed by atoms with E-state index in [9.17, 15) is 18.0 Å². The Kier molecular flexibility index (Phi) is 11.8. The minimum Gasteiger partial charge on any atom is -0.352 e. The summed E-state index contributed by atoms with van der Waals surface area (Å²) in [7, 11) is -4.21. The van der Waals surface area contributed by atoms with Gasteiger partial charge in [-0.2, -0.15) is 0 Å². The van der Waals surface area contributed by atoms with Crippen molar-refractivity contribution in [3.8, 4) is 0 Å². The van der Waals surface area contributed by atoms with Gasteiger partial charge in [-0.3, -0.25) is 13.9 Å². The van der Waals surface area contributed by atoms with Crippen LogP contribution in [0.5, 0.6) is 0 Å². The molecule has 0 aliphatic heterocycles. The second-order valence-electron chi connectivity index (χ2n) is 10.9. The Labute approximate surface area is 279 Å². The second kappa shape index (κ2) is 15.6. The molecule has 0 saturated carbocycles. The van der Waals surface area contributed by atoms with Crippen LogP contribution in [0.15, 0.2) is 112 Å². The maximum Gasteiger partial charge on any atom is 0.264 e. The first-order valence-electron chi connectivity index (χ1n) is 14.7. The third-order valence-electron chi connectivity index (χ3n) is 7.58. The molecule has 4 aromatic carbocycles. The minimum atomic E-state index is -4.21. The number of carbonyl (C=O) groups is 2. The van der Waals surface area contributed by atoms with Gasteiger partial charge in [-0.25, -0.2) is 8.42 Å². The summed E-state index contributed by atoms with van der Waals surface area (Å²) < 4.78 is 30.3. The van der Waals surface area contributed by atoms with E-state index in [0.717, 1.165) is 19.9 Å². The van der Waals surface area contributed by atoms with E-state index in [4.69, 9.17) is 11.6 Å². The van der Waals surface area contributed by atoms with Crippen LogP contribution in [0.2, 0.25) is 5.02 Å². The number of benzene rings is 4. The third-order valence-corrected chi connectivity index (χ3v) is 10.1. The molecular weight excluding hydrogens is 674 g/mol. The van der Waals surface area contributed by atoms with Crippen LogP contribution < -0.4 is 9.62 Å². The molecule has 0 fully saturated rings. The van der Waals surface area contributed by atoms with Crippen molar-refractivity contribution in [2.45, 2.75) is 57.1 Å². The smallest absolute Gasteiger partial charge is 0.264 e. The van der Waals surface area contributed by atoms with E-state index in [1.165, 1.54) is 29.2 Å². The Bertz CT molecular complexity index is 1720. The van der Waals surface area contributed by atoms with E-state index < -0.39 is 28.5 Å². The molecule has 0 heterocycles. The monoisotopic (exact) mass is 709 g/mol. The van der Waals surface area contributed by atoms with Crippen molar-refractivity contribution >= 4 is 55.1 Å². The van der Waals surface area contributed by atoms with Gasteiger partial charge in [-0.1, -0.05) is 95.1 Å². The summed E-state index contributed by atoms with van der Waals surface area (Å²) in [4.78, 5) is 30.0. The van der Waals surface area contributed by atoms with Gasteiger partial charge in [0, 0.05) is 28.5 Å². The summed E-state index contributed by atoms with van der Waals surface area (Å²) in [6, 6.07) is 28.8. The molecule has 10 heteroatoms. The van der Waals surface area contributed by atoms with Gasteiger partial charge in [0.05, 0.1) is 10.6 Å². The van der Waals surface area contributed by atoms with Gasteiger partial charge in [0.15, 0.2) is 0 Å². The van der Waals surface area contributed by atoms with Crippen molar-refractivity contribution in [2.75, 3.05) is 10.8 Å². The number of hydrogen-bond donors (Lipinski definition) is 1. The van der Waals surface area contributed by atoms with Crippen LogP contribution in [0.25, 0.3) is 0 Å². The van der Waals surface area contributed by atoms with Crippen molar-refractivity contribution < 1.29 is 18.0 Å². The number of halogens is 2. The van der Waals surface area contributed by atoms with Crippen molar-refractivity contribution in [3.05, 3.63) is 129 Å². The second-order valence-corrected chi connectivity index (χ2v) is 14.1. The fourth-order valence-electron chi connectivity index (χ4n) is 4.92. The minimum absolute atomic E-state index is 0.00292. The molecule has 0 aliphatic carbocycles. The number of aryl methyl sites for hydroxylation is 1. The molecule has 0 bridgehead atoms. The molecule has 7 nitrogen and oxygen atoms in total. The lowest BCUT2D eigenvalue weighted by molar-refractivity contribution is -0.140. The molecular formula is C35H37BrClN3O4S. The maximum atomic E-state index is 14.6. The zero-order chi connectivity index (χ0) is 32.6. The molecule has 0 spiro atoms. The number of sulfonamides is 1. The molecule has 2 atom stereocenters. The summed E-state index contributed by atoms with van der Waals surface area (Å²) in [5.74, 6) is -0.824. The van der Waals surface area contributed by atoms with Gasteiger partial charge < -0.3 is 10.2 Å². The number of anilines is 1. The number of carbonyl (C=O) groups excluding carboxylic acids is 2. The first kappa shape index (κ1) is 34.2. The molecule has 0 radical (unpaired) electrons. The zero-order valence-electron chi connectivity index (χ0n) is 25.5. The van der Waals surface area contributed by atoms with Crippen molar-refractivity contribution in [3.63, 3.8) is 0 Å². The normalized spacial score (nSPS) is 12.6. The lowest BCUT2D eigenvalue weighted by Crippen LogP contribution is -2.54. The van der Waals surface area contributed by atoms with Crippen LogP contribution in [0, 0.1) is 6.92 Å². The van der Waals surface area contributed by atoms with Crippen LogP contribution >= 0.6 is 27.5 Å². The quantitative estimate of drug-likeness (QED) is 0.160. The average molecular weight is 711 g/mol. The molecule has 4 rings (SSSR count). The van der Waals surface area contributed by atoms with Gasteiger partial charge in [-0.05, 0) is 79.4 Å². The molecule has 0 aliphatic rings. The summed E-state index contributed by atoms with van der Waals surface area (Å²) in [6.45, 7) is 5.25. The van der Waals surface area contributed by atoms with Crippen LogP contribution in [-0.2, 0) is 32.6 Å². The summed E-state index contributed by atoms with van der Waals surface area (Å²) in [6.07, 6.45) is 0.959. The molecule has 2 amide bonds. The fourth-order valence-corrected chi connectivity index (χ4v) is 6.97. The topological polar surface area (TPSA) is 86.8 Å². The summed E-state index contributed by atoms with van der Waals surface area (Å²) in [5.41, 5.74) is 2.71. The molecule has 45 heavy (non-hydrogen) atoms. The Morgan fingerprint density at radius 3 is 2.18 bits per heavy atom. The highest BCUT2D eigenvalue weighted by atomic mass is 79.9. The van der Waals surface area contributed by atoms with E-state index in [0.29, 0.717) is 22.7 Å². The predicted molar refractivity (Wildman–Crippen MR) is 184 cm³/mol. The average Bonchev–Trinajstić information content (AvgIpc) is 3.02. The van der Waals surface area contributed by atoms with E-state index in [-0.39, 0.29) is 29.8 Å². The molecule has 1 N–H and O–H groups in total. The van der Waals surface area contributed by atoms with Gasteiger partial charge >= 0.3 is 0 Å². The first-order valence-corrected chi connectivity index (χ1v) is 17.3. The van der Waals surface area contributed by atoms with Crippen molar-refractivity contribution in [2.24, 2.45) is 0 Å². The molecule has 0 saturated heterocycles. The van der Waals surface area contributed by atoms with Gasteiger partial charge in [0.2, 0.25) is 11.8 Å². The van der Waals surface area contributed by atoms with E-state index >= 15 is 0 Å². The Morgan fingerprint density at radius 1 is 0.889 bits per heavy atom. The number of rotatable bonds is 13. The van der Waals surface area contributed by atoms with Crippen LogP contribution in [-0.4, -0.2) is 43.8 Å².